The predicted octanol–water partition coefficient (Wildman–Crippen LogP) is 8.62. The maximum atomic E-state index is 6.99. The molecule has 5 aromatic rings. The third kappa shape index (κ3) is 3.87. The SMILES string of the molecule is Cc1c2c(c(CC(C)(C)C)c3ccncc13)Oc1cc3cccc(CC(C)(C)C)c3c3cc[n+](C)c-2c13. The smallest absolute Gasteiger partial charge is 0.228 e. The van der Waals surface area contributed by atoms with Gasteiger partial charge in [-0.05, 0) is 70.0 Å². The first-order valence-corrected chi connectivity index (χ1v) is 13.4. The zero-order valence-corrected chi connectivity index (χ0v) is 23.4. The van der Waals surface area contributed by atoms with Gasteiger partial charge in [0.05, 0.1) is 10.9 Å². The summed E-state index contributed by atoms with van der Waals surface area (Å²) in [5.74, 6) is 1.96. The van der Waals surface area contributed by atoms with Crippen molar-refractivity contribution in [2.75, 3.05) is 0 Å². The lowest BCUT2D eigenvalue weighted by Gasteiger charge is -2.28. The Labute approximate surface area is 220 Å². The Balaban J connectivity index is 1.77. The lowest BCUT2D eigenvalue weighted by atomic mass is 9.81. The number of ether oxygens (including phenoxy) is 1. The number of pyridine rings is 2. The van der Waals surface area contributed by atoms with Crippen molar-refractivity contribution < 1.29 is 9.30 Å². The number of hydrogen-bond acceptors (Lipinski definition) is 2. The van der Waals surface area contributed by atoms with Crippen LogP contribution in [0.25, 0.3) is 43.6 Å². The van der Waals surface area contributed by atoms with Gasteiger partial charge in [-0.3, -0.25) is 4.98 Å². The molecule has 0 fully saturated rings. The molecule has 0 unspecified atom stereocenters. The van der Waals surface area contributed by atoms with E-state index in [1.807, 2.05) is 12.4 Å². The maximum absolute atomic E-state index is 6.99. The van der Waals surface area contributed by atoms with Crippen molar-refractivity contribution in [3.05, 3.63) is 71.7 Å². The van der Waals surface area contributed by atoms with Crippen molar-refractivity contribution in [3.8, 4) is 22.8 Å². The van der Waals surface area contributed by atoms with E-state index in [9.17, 15) is 0 Å². The highest BCUT2D eigenvalue weighted by Gasteiger charge is 2.34. The minimum Gasteiger partial charge on any atom is -0.455 e. The summed E-state index contributed by atoms with van der Waals surface area (Å²) in [7, 11) is 2.16. The predicted molar refractivity (Wildman–Crippen MR) is 154 cm³/mol. The molecule has 0 bridgehead atoms. The van der Waals surface area contributed by atoms with Gasteiger partial charge in [-0.25, -0.2) is 4.57 Å². The molecule has 0 radical (unpaired) electrons. The molecule has 3 heteroatoms. The molecule has 0 atom stereocenters. The standard InChI is InChI=1S/C34H37N2O/c1-20-26-19-35-14-12-23(26)25(18-34(5,6)7)32-28(20)31-30-24(13-15-36(31)8)29-21(16-27(30)37-32)10-9-11-22(29)17-33(2,3)4/h9-16,19H,17-18H2,1-8H3/q+1. The van der Waals surface area contributed by atoms with Gasteiger partial charge in [0.25, 0.3) is 0 Å². The van der Waals surface area contributed by atoms with Crippen LogP contribution in [0.4, 0.5) is 0 Å². The fraction of sp³-hybridized carbons (Fsp3) is 0.353. The molecule has 0 spiro atoms. The van der Waals surface area contributed by atoms with Gasteiger partial charge in [0.1, 0.15) is 18.5 Å². The van der Waals surface area contributed by atoms with Crippen LogP contribution in [0.2, 0.25) is 0 Å². The van der Waals surface area contributed by atoms with Crippen molar-refractivity contribution >= 4 is 32.3 Å². The van der Waals surface area contributed by atoms with Crippen LogP contribution in [-0.4, -0.2) is 4.98 Å². The molecule has 1 aliphatic rings. The highest BCUT2D eigenvalue weighted by molar-refractivity contribution is 6.17. The summed E-state index contributed by atoms with van der Waals surface area (Å²) in [6.07, 6.45) is 8.10. The minimum atomic E-state index is 0.113. The topological polar surface area (TPSA) is 26.0 Å². The molecule has 0 N–H and O–H groups in total. The molecule has 3 aromatic carbocycles. The molecular formula is C34H37N2O+. The van der Waals surface area contributed by atoms with Crippen molar-refractivity contribution in [3.63, 3.8) is 0 Å². The van der Waals surface area contributed by atoms with Gasteiger partial charge in [-0.1, -0.05) is 59.7 Å². The van der Waals surface area contributed by atoms with Gasteiger partial charge in [0.2, 0.25) is 5.69 Å². The first-order valence-electron chi connectivity index (χ1n) is 13.4. The van der Waals surface area contributed by atoms with Crippen molar-refractivity contribution in [2.45, 2.75) is 61.3 Å². The van der Waals surface area contributed by atoms with E-state index in [1.54, 1.807) is 0 Å². The van der Waals surface area contributed by atoms with Crippen LogP contribution < -0.4 is 9.30 Å². The summed E-state index contributed by atoms with van der Waals surface area (Å²) in [6.45, 7) is 16.1. The molecule has 3 heterocycles. The molecule has 0 aliphatic carbocycles. The first-order chi connectivity index (χ1) is 17.4. The molecule has 37 heavy (non-hydrogen) atoms. The highest BCUT2D eigenvalue weighted by Crippen LogP contribution is 2.53. The summed E-state index contributed by atoms with van der Waals surface area (Å²) in [6, 6.07) is 13.4. The second-order valence-corrected chi connectivity index (χ2v) is 13.3. The quantitative estimate of drug-likeness (QED) is 0.180. The number of rotatable bonds is 2. The lowest BCUT2D eigenvalue weighted by Crippen LogP contribution is -2.32. The van der Waals surface area contributed by atoms with Crippen molar-refractivity contribution in [1.82, 2.24) is 4.98 Å². The van der Waals surface area contributed by atoms with E-state index < -0.39 is 0 Å². The maximum Gasteiger partial charge on any atom is 0.228 e. The Morgan fingerprint density at radius 3 is 2.35 bits per heavy atom. The summed E-state index contributed by atoms with van der Waals surface area (Å²) in [4.78, 5) is 4.51. The fourth-order valence-corrected chi connectivity index (χ4v) is 6.24. The van der Waals surface area contributed by atoms with E-state index in [4.69, 9.17) is 4.74 Å². The number of aryl methyl sites for hydroxylation is 2. The monoisotopic (exact) mass is 489 g/mol. The van der Waals surface area contributed by atoms with Crippen LogP contribution in [0.5, 0.6) is 11.5 Å². The van der Waals surface area contributed by atoms with Crippen molar-refractivity contribution in [1.29, 1.82) is 0 Å². The van der Waals surface area contributed by atoms with Crippen molar-refractivity contribution in [2.24, 2.45) is 17.9 Å². The fourth-order valence-electron chi connectivity index (χ4n) is 6.24. The van der Waals surface area contributed by atoms with Gasteiger partial charge in [0, 0.05) is 34.8 Å². The minimum absolute atomic E-state index is 0.113. The van der Waals surface area contributed by atoms with Gasteiger partial charge in [-0.15, -0.1) is 0 Å². The molecule has 3 nitrogen and oxygen atoms in total. The van der Waals surface area contributed by atoms with Crippen LogP contribution in [0.15, 0.2) is 55.0 Å². The summed E-state index contributed by atoms with van der Waals surface area (Å²) in [5, 5.41) is 7.52. The molecule has 0 saturated carbocycles. The van der Waals surface area contributed by atoms with Gasteiger partial charge < -0.3 is 4.74 Å². The van der Waals surface area contributed by atoms with Crippen LogP contribution in [0.1, 0.15) is 58.2 Å². The zero-order valence-electron chi connectivity index (χ0n) is 23.4. The third-order valence-corrected chi connectivity index (χ3v) is 7.61. The Morgan fingerprint density at radius 1 is 0.865 bits per heavy atom. The molecule has 0 saturated heterocycles. The van der Waals surface area contributed by atoms with Crippen LogP contribution in [0, 0.1) is 17.8 Å². The molecule has 2 aromatic heterocycles. The summed E-state index contributed by atoms with van der Waals surface area (Å²) >= 11 is 0. The van der Waals surface area contributed by atoms with E-state index in [0.717, 1.165) is 24.3 Å². The highest BCUT2D eigenvalue weighted by atomic mass is 16.5. The average Bonchev–Trinajstić information content (AvgIpc) is 2.81. The Morgan fingerprint density at radius 2 is 1.62 bits per heavy atom. The van der Waals surface area contributed by atoms with E-state index in [2.05, 4.69) is 108 Å². The summed E-state index contributed by atoms with van der Waals surface area (Å²) < 4.78 is 9.26. The largest absolute Gasteiger partial charge is 0.455 e. The molecule has 188 valence electrons. The van der Waals surface area contributed by atoms with Crippen LogP contribution in [-0.2, 0) is 19.9 Å². The van der Waals surface area contributed by atoms with Gasteiger partial charge in [-0.2, -0.15) is 0 Å². The Hall–Kier alpha value is -3.46. The van der Waals surface area contributed by atoms with E-state index in [1.165, 1.54) is 60.3 Å². The Bertz CT molecular complexity index is 1730. The molecule has 0 amide bonds. The molecular weight excluding hydrogens is 452 g/mol. The number of benzene rings is 3. The zero-order chi connectivity index (χ0) is 26.3. The molecule has 1 aliphatic heterocycles. The van der Waals surface area contributed by atoms with E-state index in [-0.39, 0.29) is 10.8 Å². The normalized spacial score (nSPS) is 13.3. The summed E-state index contributed by atoms with van der Waals surface area (Å²) in [5.41, 5.74) is 6.65. The number of hydrogen-bond donors (Lipinski definition) is 0. The lowest BCUT2D eigenvalue weighted by molar-refractivity contribution is -0.659. The number of fused-ring (bicyclic) bond motifs is 5. The Kier molecular flexibility index (Phi) is 5.18. The number of nitrogens with zero attached hydrogens (tertiary/aromatic N) is 2. The average molecular weight is 490 g/mol. The van der Waals surface area contributed by atoms with Crippen LogP contribution in [0.3, 0.4) is 0 Å². The second-order valence-electron chi connectivity index (χ2n) is 13.3. The van der Waals surface area contributed by atoms with Gasteiger partial charge in [0.15, 0.2) is 6.20 Å². The van der Waals surface area contributed by atoms with Gasteiger partial charge >= 0.3 is 0 Å². The van der Waals surface area contributed by atoms with E-state index >= 15 is 0 Å². The van der Waals surface area contributed by atoms with Crippen LogP contribution >= 0.6 is 0 Å². The van der Waals surface area contributed by atoms with E-state index in [0.29, 0.717) is 0 Å². The third-order valence-electron chi connectivity index (χ3n) is 7.61. The molecule has 6 rings (SSSR count). The first kappa shape index (κ1) is 23.9. The second kappa shape index (κ2) is 8.02. The number of aromatic nitrogens is 2.